The van der Waals surface area contributed by atoms with Gasteiger partial charge < -0.3 is 42.6 Å². The van der Waals surface area contributed by atoms with Crippen LogP contribution in [-0.2, 0) is 71.4 Å². The van der Waals surface area contributed by atoms with Crippen LogP contribution in [0.3, 0.4) is 0 Å². The number of carbonyl (C=O) groups is 6. The topological polar surface area (TPSA) is 189 Å². The van der Waals surface area contributed by atoms with Crippen LogP contribution in [0, 0.1) is 0 Å². The Kier molecular flexibility index (Phi) is 28.1. The standard InChI is InChI=1S/C30H51NO15/c1-38-19-22-44-28(35)10-4-7-25(32)41-16-13-31(14-17-42-26(33)8-5-11-29(36)45-23-20-39-2)15-18-43-27(34)9-6-12-30(37)46-24-21-40-3/h4-24H2,1-3H3. The smallest absolute Gasteiger partial charge is 0.305 e. The first-order chi connectivity index (χ1) is 22.2. The van der Waals surface area contributed by atoms with Crippen molar-refractivity contribution in [1.29, 1.82) is 0 Å². The summed E-state index contributed by atoms with van der Waals surface area (Å²) in [6.45, 7) is 2.18. The summed E-state index contributed by atoms with van der Waals surface area (Å²) < 4.78 is 45.0. The van der Waals surface area contributed by atoms with Crippen molar-refractivity contribution < 1.29 is 71.4 Å². The maximum Gasteiger partial charge on any atom is 0.305 e. The van der Waals surface area contributed by atoms with Crippen molar-refractivity contribution >= 4 is 35.8 Å². The zero-order valence-corrected chi connectivity index (χ0v) is 27.4. The summed E-state index contributed by atoms with van der Waals surface area (Å²) >= 11 is 0. The molecule has 266 valence electrons. The first kappa shape index (κ1) is 42.7. The third kappa shape index (κ3) is 28.2. The van der Waals surface area contributed by atoms with E-state index in [9.17, 15) is 28.8 Å². The Bertz CT molecular complexity index is 758. The van der Waals surface area contributed by atoms with Crippen molar-refractivity contribution in [2.24, 2.45) is 0 Å². The molecule has 0 saturated carbocycles. The molecule has 0 saturated heterocycles. The lowest BCUT2D eigenvalue weighted by atomic mass is 10.2. The molecule has 0 heterocycles. The summed E-state index contributed by atoms with van der Waals surface area (Å²) in [7, 11) is 4.48. The number of carbonyl (C=O) groups excluding carboxylic acids is 6. The highest BCUT2D eigenvalue weighted by atomic mass is 16.6. The summed E-state index contributed by atoms with van der Waals surface area (Å²) in [5, 5.41) is 0. The molecule has 0 aromatic carbocycles. The molecular formula is C30H51NO15. The fourth-order valence-electron chi connectivity index (χ4n) is 3.48. The number of methoxy groups -OCH3 is 3. The minimum atomic E-state index is -0.482. The van der Waals surface area contributed by atoms with Crippen molar-refractivity contribution in [3.63, 3.8) is 0 Å². The van der Waals surface area contributed by atoms with Gasteiger partial charge in [-0.05, 0) is 19.3 Å². The second-order valence-corrected chi connectivity index (χ2v) is 9.70. The van der Waals surface area contributed by atoms with Crippen LogP contribution in [0.2, 0.25) is 0 Å². The molecule has 46 heavy (non-hydrogen) atoms. The van der Waals surface area contributed by atoms with E-state index in [1.807, 2.05) is 0 Å². The summed E-state index contributed by atoms with van der Waals surface area (Å²) in [5.41, 5.74) is 0. The van der Waals surface area contributed by atoms with Gasteiger partial charge in [0.05, 0.1) is 19.8 Å². The summed E-state index contributed by atoms with van der Waals surface area (Å²) in [6.07, 6.45) is 1.16. The van der Waals surface area contributed by atoms with Gasteiger partial charge >= 0.3 is 35.8 Å². The largest absolute Gasteiger partial charge is 0.464 e. The molecule has 0 amide bonds. The normalized spacial score (nSPS) is 10.7. The predicted octanol–water partition coefficient (Wildman–Crippen LogP) is 0.998. The quantitative estimate of drug-likeness (QED) is 0.0600. The van der Waals surface area contributed by atoms with Crippen LogP contribution < -0.4 is 0 Å². The Morgan fingerprint density at radius 3 is 0.783 bits per heavy atom. The van der Waals surface area contributed by atoms with E-state index < -0.39 is 35.8 Å². The Hall–Kier alpha value is -3.34. The first-order valence-electron chi connectivity index (χ1n) is 15.3. The average Bonchev–Trinajstić information content (AvgIpc) is 3.01. The molecule has 0 radical (unpaired) electrons. The van der Waals surface area contributed by atoms with Crippen LogP contribution in [0.25, 0.3) is 0 Å². The van der Waals surface area contributed by atoms with Gasteiger partial charge in [0, 0.05) is 79.5 Å². The molecule has 0 N–H and O–H groups in total. The van der Waals surface area contributed by atoms with Gasteiger partial charge in [0.15, 0.2) is 0 Å². The summed E-state index contributed by atoms with van der Waals surface area (Å²) in [5.74, 6) is -2.73. The molecule has 0 bridgehead atoms. The van der Waals surface area contributed by atoms with Gasteiger partial charge in [0.2, 0.25) is 0 Å². The van der Waals surface area contributed by atoms with Gasteiger partial charge in [-0.3, -0.25) is 33.7 Å². The molecule has 16 nitrogen and oxygen atoms in total. The van der Waals surface area contributed by atoms with E-state index >= 15 is 0 Å². The fourth-order valence-corrected chi connectivity index (χ4v) is 3.48. The number of ether oxygens (including phenoxy) is 9. The maximum absolute atomic E-state index is 12.1. The van der Waals surface area contributed by atoms with Gasteiger partial charge in [0.1, 0.15) is 39.6 Å². The molecule has 0 aromatic rings. The molecule has 0 fully saturated rings. The van der Waals surface area contributed by atoms with Crippen LogP contribution >= 0.6 is 0 Å². The van der Waals surface area contributed by atoms with Gasteiger partial charge in [0.25, 0.3) is 0 Å². The highest BCUT2D eigenvalue weighted by Crippen LogP contribution is 2.04. The zero-order valence-electron chi connectivity index (χ0n) is 27.4. The number of esters is 6. The Morgan fingerprint density at radius 2 is 0.565 bits per heavy atom. The van der Waals surface area contributed by atoms with Crippen molar-refractivity contribution in [1.82, 2.24) is 4.90 Å². The molecule has 0 aromatic heterocycles. The van der Waals surface area contributed by atoms with E-state index in [4.69, 9.17) is 42.6 Å². The predicted molar refractivity (Wildman–Crippen MR) is 159 cm³/mol. The highest BCUT2D eigenvalue weighted by Gasteiger charge is 2.13. The number of rotatable bonds is 30. The van der Waals surface area contributed by atoms with Gasteiger partial charge in [-0.2, -0.15) is 0 Å². The van der Waals surface area contributed by atoms with Crippen LogP contribution in [0.5, 0.6) is 0 Å². The van der Waals surface area contributed by atoms with Crippen molar-refractivity contribution in [2.45, 2.75) is 57.8 Å². The third-order valence-corrected chi connectivity index (χ3v) is 5.95. The van der Waals surface area contributed by atoms with E-state index in [2.05, 4.69) is 0 Å². The van der Waals surface area contributed by atoms with Crippen LogP contribution in [0.4, 0.5) is 0 Å². The zero-order chi connectivity index (χ0) is 34.3. The SMILES string of the molecule is COCCOC(=O)CCCC(=O)OCCN(CCOC(=O)CCCC(=O)OCCOC)CCOC(=O)CCCC(=O)OCCOC. The fraction of sp³-hybridized carbons (Fsp3) is 0.800. The minimum Gasteiger partial charge on any atom is -0.464 e. The Morgan fingerprint density at radius 1 is 0.348 bits per heavy atom. The van der Waals surface area contributed by atoms with Crippen LogP contribution in [0.1, 0.15) is 57.8 Å². The van der Waals surface area contributed by atoms with Gasteiger partial charge in [-0.25, -0.2) is 0 Å². The third-order valence-electron chi connectivity index (χ3n) is 5.95. The average molecular weight is 666 g/mol. The van der Waals surface area contributed by atoms with E-state index in [-0.39, 0.29) is 117 Å². The Labute approximate surface area is 270 Å². The number of hydrogen-bond acceptors (Lipinski definition) is 16. The molecule has 0 unspecified atom stereocenters. The lowest BCUT2D eigenvalue weighted by Crippen LogP contribution is -2.35. The molecule has 0 rings (SSSR count). The monoisotopic (exact) mass is 665 g/mol. The minimum absolute atomic E-state index is 0.0232. The second-order valence-electron chi connectivity index (χ2n) is 9.70. The summed E-state index contributed by atoms with van der Waals surface area (Å²) in [4.78, 5) is 72.9. The molecule has 0 aliphatic rings. The maximum atomic E-state index is 12.1. The van der Waals surface area contributed by atoms with E-state index in [1.54, 1.807) is 4.90 Å². The lowest BCUT2D eigenvalue weighted by molar-refractivity contribution is -0.147. The Balaban J connectivity index is 4.52. The second kappa shape index (κ2) is 30.3. The van der Waals surface area contributed by atoms with E-state index in [0.29, 0.717) is 19.8 Å². The molecule has 0 atom stereocenters. The molecule has 16 heteroatoms. The van der Waals surface area contributed by atoms with Crippen molar-refractivity contribution in [3.8, 4) is 0 Å². The molecular weight excluding hydrogens is 614 g/mol. The molecule has 0 spiro atoms. The lowest BCUT2D eigenvalue weighted by Gasteiger charge is -2.22. The van der Waals surface area contributed by atoms with Crippen molar-refractivity contribution in [3.05, 3.63) is 0 Å². The van der Waals surface area contributed by atoms with Crippen molar-refractivity contribution in [2.75, 3.05) is 100 Å². The summed E-state index contributed by atoms with van der Waals surface area (Å²) in [6, 6.07) is 0. The highest BCUT2D eigenvalue weighted by molar-refractivity contribution is 5.73. The molecule has 0 aliphatic heterocycles. The van der Waals surface area contributed by atoms with E-state index in [1.165, 1.54) is 21.3 Å². The molecule has 0 aliphatic carbocycles. The number of nitrogens with zero attached hydrogens (tertiary/aromatic N) is 1. The van der Waals surface area contributed by atoms with E-state index in [0.717, 1.165) is 0 Å². The van der Waals surface area contributed by atoms with Gasteiger partial charge in [-0.1, -0.05) is 0 Å². The van der Waals surface area contributed by atoms with Gasteiger partial charge in [-0.15, -0.1) is 0 Å². The number of hydrogen-bond donors (Lipinski definition) is 0. The first-order valence-corrected chi connectivity index (χ1v) is 15.3. The van der Waals surface area contributed by atoms with Crippen LogP contribution in [-0.4, -0.2) is 141 Å². The van der Waals surface area contributed by atoms with Crippen LogP contribution in [0.15, 0.2) is 0 Å².